The van der Waals surface area contributed by atoms with Crippen LogP contribution in [0.3, 0.4) is 0 Å². The number of aromatic amines is 1. The van der Waals surface area contributed by atoms with E-state index in [0.717, 1.165) is 5.56 Å². The first-order valence-corrected chi connectivity index (χ1v) is 12.8. The molecule has 0 aliphatic carbocycles. The molecule has 0 spiro atoms. The van der Waals surface area contributed by atoms with Gasteiger partial charge in [0.15, 0.2) is 0 Å². The van der Waals surface area contributed by atoms with Gasteiger partial charge in [0.05, 0.1) is 22.3 Å². The molecule has 1 aliphatic heterocycles. The van der Waals surface area contributed by atoms with Gasteiger partial charge in [0, 0.05) is 35.9 Å². The van der Waals surface area contributed by atoms with Crippen molar-refractivity contribution in [1.82, 2.24) is 34.4 Å². The van der Waals surface area contributed by atoms with Gasteiger partial charge in [0.1, 0.15) is 12.0 Å². The van der Waals surface area contributed by atoms with Gasteiger partial charge in [-0.15, -0.1) is 5.10 Å². The molecule has 186 valence electrons. The van der Waals surface area contributed by atoms with E-state index < -0.39 is 22.0 Å². The van der Waals surface area contributed by atoms with Gasteiger partial charge < -0.3 is 9.88 Å². The van der Waals surface area contributed by atoms with Crippen LogP contribution >= 0.6 is 11.6 Å². The summed E-state index contributed by atoms with van der Waals surface area (Å²) in [5.74, 6) is -0.442. The number of hydrogen-bond acceptors (Lipinski definition) is 7. The zero-order valence-electron chi connectivity index (χ0n) is 19.2. The molecule has 1 atom stereocenters. The number of nitrogens with two attached hydrogens (primary N) is 1. The van der Waals surface area contributed by atoms with Gasteiger partial charge in [-0.05, 0) is 43.7 Å². The van der Waals surface area contributed by atoms with Gasteiger partial charge in [-0.25, -0.2) is 23.2 Å². The summed E-state index contributed by atoms with van der Waals surface area (Å²) in [6.07, 6.45) is 3.28. The number of carbonyl (C=O) groups excluding carboxylic acids is 1. The zero-order chi connectivity index (χ0) is 25.8. The summed E-state index contributed by atoms with van der Waals surface area (Å²) in [5, 5.41) is 14.4. The van der Waals surface area contributed by atoms with E-state index >= 15 is 0 Å². The van der Waals surface area contributed by atoms with Crippen LogP contribution in [0, 0.1) is 0 Å². The van der Waals surface area contributed by atoms with Crippen molar-refractivity contribution in [3.63, 3.8) is 0 Å². The molecule has 5 rings (SSSR count). The number of hydrogen-bond donors (Lipinski definition) is 2. The second-order valence-electron chi connectivity index (χ2n) is 8.38. The SMILES string of the molecule is CC1c2nn(C)c(-c3cc(Cl)cc(S(N)(=O)=O)c3)c2CCN1C(=O)c1ncn(-c2ccc[nH]c2=O)n1. The minimum atomic E-state index is -3.96. The van der Waals surface area contributed by atoms with Crippen LogP contribution in [0.5, 0.6) is 0 Å². The van der Waals surface area contributed by atoms with Crippen LogP contribution in [0.25, 0.3) is 16.9 Å². The number of sulfonamides is 1. The lowest BCUT2D eigenvalue weighted by Crippen LogP contribution is -2.39. The van der Waals surface area contributed by atoms with E-state index in [2.05, 4.69) is 20.2 Å². The Labute approximate surface area is 210 Å². The number of aryl methyl sites for hydroxylation is 1. The fraction of sp³-hybridized carbons (Fsp3) is 0.227. The van der Waals surface area contributed by atoms with E-state index in [9.17, 15) is 18.0 Å². The van der Waals surface area contributed by atoms with Crippen molar-refractivity contribution in [2.45, 2.75) is 24.3 Å². The molecule has 4 heterocycles. The summed E-state index contributed by atoms with van der Waals surface area (Å²) < 4.78 is 26.7. The Kier molecular flexibility index (Phi) is 5.77. The Morgan fingerprint density at radius 3 is 2.75 bits per heavy atom. The van der Waals surface area contributed by atoms with Crippen LogP contribution in [-0.2, 0) is 23.5 Å². The van der Waals surface area contributed by atoms with Crippen LogP contribution < -0.4 is 10.7 Å². The number of fused-ring (bicyclic) bond motifs is 1. The molecule has 1 unspecified atom stereocenters. The minimum Gasteiger partial charge on any atom is -0.327 e. The van der Waals surface area contributed by atoms with E-state index in [1.165, 1.54) is 29.3 Å². The maximum atomic E-state index is 13.3. The Morgan fingerprint density at radius 1 is 1.25 bits per heavy atom. The predicted octanol–water partition coefficient (Wildman–Crippen LogP) is 1.42. The number of benzene rings is 1. The molecule has 3 aromatic heterocycles. The van der Waals surface area contributed by atoms with E-state index in [0.29, 0.717) is 29.9 Å². The number of nitrogens with one attached hydrogen (secondary N) is 1. The van der Waals surface area contributed by atoms with E-state index in [1.807, 2.05) is 6.92 Å². The Hall–Kier alpha value is -3.81. The molecule has 0 bridgehead atoms. The number of primary sulfonamides is 1. The van der Waals surface area contributed by atoms with Crippen molar-refractivity contribution in [3.8, 4) is 16.9 Å². The highest BCUT2D eigenvalue weighted by atomic mass is 35.5. The van der Waals surface area contributed by atoms with Crippen molar-refractivity contribution in [2.75, 3.05) is 6.54 Å². The Bertz CT molecular complexity index is 1670. The van der Waals surface area contributed by atoms with Crippen molar-refractivity contribution < 1.29 is 13.2 Å². The standard InChI is InChI=1S/C22H21ClN8O4S/c1-12-18-16(19(29(2)27-18)13-8-14(23)10-15(9-13)36(24,34)35)5-7-30(12)22(33)20-26-11-31(28-20)17-4-3-6-25-21(17)32/h3-4,6,8-12H,5,7H2,1-2H3,(H,25,32)(H2,24,34,35). The van der Waals surface area contributed by atoms with Crippen LogP contribution in [0.15, 0.2) is 52.5 Å². The first kappa shape index (κ1) is 23.9. The summed E-state index contributed by atoms with van der Waals surface area (Å²) in [6, 6.07) is 7.22. The first-order chi connectivity index (χ1) is 17.0. The lowest BCUT2D eigenvalue weighted by Gasteiger charge is -2.32. The molecule has 1 aromatic carbocycles. The average molecular weight is 529 g/mol. The number of amides is 1. The fourth-order valence-corrected chi connectivity index (χ4v) is 5.33. The second kappa shape index (κ2) is 8.69. The molecule has 1 aliphatic rings. The first-order valence-electron chi connectivity index (χ1n) is 10.8. The molecule has 4 aromatic rings. The number of halogens is 1. The number of pyridine rings is 1. The van der Waals surface area contributed by atoms with E-state index in [4.69, 9.17) is 16.7 Å². The smallest absolute Gasteiger partial charge is 0.294 e. The normalized spacial score (nSPS) is 15.7. The quantitative estimate of drug-likeness (QED) is 0.404. The highest BCUT2D eigenvalue weighted by Gasteiger charge is 2.35. The van der Waals surface area contributed by atoms with Crippen molar-refractivity contribution in [3.05, 3.63) is 75.3 Å². The third-order valence-corrected chi connectivity index (χ3v) is 7.21. The molecule has 12 nitrogen and oxygen atoms in total. The molecule has 0 fully saturated rings. The molecule has 14 heteroatoms. The molecule has 0 saturated heterocycles. The summed E-state index contributed by atoms with van der Waals surface area (Å²) in [6.45, 7) is 2.20. The zero-order valence-corrected chi connectivity index (χ0v) is 20.8. The molecule has 1 amide bonds. The van der Waals surface area contributed by atoms with Crippen molar-refractivity contribution in [2.24, 2.45) is 12.2 Å². The van der Waals surface area contributed by atoms with Gasteiger partial charge in [-0.1, -0.05) is 11.6 Å². The maximum Gasteiger partial charge on any atom is 0.294 e. The number of aromatic nitrogens is 6. The Morgan fingerprint density at radius 2 is 2.03 bits per heavy atom. The maximum absolute atomic E-state index is 13.3. The Balaban J connectivity index is 1.48. The fourth-order valence-electron chi connectivity index (χ4n) is 4.45. The van der Waals surface area contributed by atoms with E-state index in [-0.39, 0.29) is 27.0 Å². The summed E-state index contributed by atoms with van der Waals surface area (Å²) in [4.78, 5) is 33.5. The van der Waals surface area contributed by atoms with Crippen LogP contribution in [0.2, 0.25) is 5.02 Å². The number of H-pyrrole nitrogens is 1. The van der Waals surface area contributed by atoms with Crippen molar-refractivity contribution >= 4 is 27.5 Å². The van der Waals surface area contributed by atoms with Gasteiger partial charge in [-0.2, -0.15) is 5.10 Å². The van der Waals surface area contributed by atoms with Gasteiger partial charge in [0.2, 0.25) is 15.8 Å². The lowest BCUT2D eigenvalue weighted by atomic mass is 9.95. The highest BCUT2D eigenvalue weighted by molar-refractivity contribution is 7.89. The van der Waals surface area contributed by atoms with Gasteiger partial charge >= 0.3 is 0 Å². The second-order valence-corrected chi connectivity index (χ2v) is 10.4. The molecular formula is C22H21ClN8O4S. The highest BCUT2D eigenvalue weighted by Crippen LogP contribution is 2.37. The molecule has 0 radical (unpaired) electrons. The van der Waals surface area contributed by atoms with Gasteiger partial charge in [-0.3, -0.25) is 14.3 Å². The van der Waals surface area contributed by atoms with Crippen LogP contribution in [-0.4, -0.2) is 55.3 Å². The topological polar surface area (TPSA) is 162 Å². The number of nitrogens with zero attached hydrogens (tertiary/aromatic N) is 6. The van der Waals surface area contributed by atoms with E-state index in [1.54, 1.807) is 34.8 Å². The van der Waals surface area contributed by atoms with Gasteiger partial charge in [0.25, 0.3) is 11.5 Å². The van der Waals surface area contributed by atoms with Crippen LogP contribution in [0.1, 0.15) is 34.8 Å². The lowest BCUT2D eigenvalue weighted by molar-refractivity contribution is 0.0661. The minimum absolute atomic E-state index is 0.0441. The van der Waals surface area contributed by atoms with Crippen LogP contribution in [0.4, 0.5) is 0 Å². The largest absolute Gasteiger partial charge is 0.327 e. The average Bonchev–Trinajstić information content (AvgIpc) is 3.43. The molecule has 0 saturated carbocycles. The molecule has 3 N–H and O–H groups in total. The number of rotatable bonds is 4. The third-order valence-electron chi connectivity index (χ3n) is 6.10. The molecular weight excluding hydrogens is 508 g/mol. The van der Waals surface area contributed by atoms with Crippen molar-refractivity contribution in [1.29, 1.82) is 0 Å². The predicted molar refractivity (Wildman–Crippen MR) is 130 cm³/mol. The summed E-state index contributed by atoms with van der Waals surface area (Å²) in [5.41, 5.74) is 2.69. The number of carbonyl (C=O) groups is 1. The monoisotopic (exact) mass is 528 g/mol. The summed E-state index contributed by atoms with van der Waals surface area (Å²) >= 11 is 6.19. The summed E-state index contributed by atoms with van der Waals surface area (Å²) in [7, 11) is -2.22. The molecule has 36 heavy (non-hydrogen) atoms. The third kappa shape index (κ3) is 4.10.